The van der Waals surface area contributed by atoms with Crippen molar-refractivity contribution in [2.45, 2.75) is 58.4 Å². The maximum Gasteiger partial charge on any atom is 0.0494 e. The monoisotopic (exact) mass is 332 g/mol. The fraction of sp³-hybridized carbons (Fsp3) is 0.435. The van der Waals surface area contributed by atoms with Crippen molar-refractivity contribution in [3.8, 4) is 0 Å². The molecule has 0 N–H and O–H groups in total. The summed E-state index contributed by atoms with van der Waals surface area (Å²) in [5, 5.41) is 1.47. The van der Waals surface area contributed by atoms with Gasteiger partial charge in [0.2, 0.25) is 0 Å². The van der Waals surface area contributed by atoms with Crippen LogP contribution in [0.2, 0.25) is 0 Å². The summed E-state index contributed by atoms with van der Waals surface area (Å²) in [5.41, 5.74) is 5.88. The summed E-state index contributed by atoms with van der Waals surface area (Å²) in [7, 11) is 0. The molecule has 0 spiro atoms. The van der Waals surface area contributed by atoms with Crippen molar-refractivity contribution in [3.05, 3.63) is 65.6 Å². The largest absolute Gasteiger partial charge is 0.340 e. The molecule has 3 aromatic rings. The van der Waals surface area contributed by atoms with E-state index in [4.69, 9.17) is 0 Å². The van der Waals surface area contributed by atoms with Gasteiger partial charge in [-0.15, -0.1) is 0 Å². The Labute approximate surface area is 150 Å². The van der Waals surface area contributed by atoms with Crippen molar-refractivity contribution >= 4 is 10.9 Å². The Balaban J connectivity index is 1.77. The standard InChI is InChI=1S/C23H28N2/c1-2-3-8-18-9-6-12-21-20-11-4-5-13-22(20)25(23(21)15-18)17-19-10-7-14-24-16-19/h4-5,7,10-11,13-14,16,18H,2-3,6,8-9,12,15,17H2,1H3. The van der Waals surface area contributed by atoms with Gasteiger partial charge in [-0.2, -0.15) is 0 Å². The predicted molar refractivity (Wildman–Crippen MR) is 105 cm³/mol. The molecule has 0 radical (unpaired) electrons. The summed E-state index contributed by atoms with van der Waals surface area (Å²) in [5.74, 6) is 0.846. The molecule has 1 aliphatic carbocycles. The highest BCUT2D eigenvalue weighted by Gasteiger charge is 2.23. The molecule has 1 atom stereocenters. The van der Waals surface area contributed by atoms with Crippen LogP contribution in [0.5, 0.6) is 0 Å². The molecule has 0 bridgehead atoms. The Kier molecular flexibility index (Phi) is 4.87. The van der Waals surface area contributed by atoms with E-state index in [9.17, 15) is 0 Å². The second-order valence-electron chi connectivity index (χ2n) is 7.49. The molecule has 2 heterocycles. The van der Waals surface area contributed by atoms with E-state index in [2.05, 4.69) is 46.8 Å². The van der Waals surface area contributed by atoms with Crippen molar-refractivity contribution in [3.63, 3.8) is 0 Å². The smallest absolute Gasteiger partial charge is 0.0494 e. The minimum Gasteiger partial charge on any atom is -0.340 e. The van der Waals surface area contributed by atoms with E-state index in [0.29, 0.717) is 0 Å². The van der Waals surface area contributed by atoms with E-state index in [1.54, 1.807) is 11.3 Å². The van der Waals surface area contributed by atoms with Gasteiger partial charge in [0, 0.05) is 35.5 Å². The van der Waals surface area contributed by atoms with Crippen molar-refractivity contribution in [1.29, 1.82) is 0 Å². The van der Waals surface area contributed by atoms with Crippen LogP contribution in [0.4, 0.5) is 0 Å². The fourth-order valence-electron chi connectivity index (χ4n) is 4.48. The van der Waals surface area contributed by atoms with Gasteiger partial charge in [-0.3, -0.25) is 4.98 Å². The van der Waals surface area contributed by atoms with E-state index >= 15 is 0 Å². The van der Waals surface area contributed by atoms with Gasteiger partial charge in [-0.05, 0) is 54.9 Å². The molecule has 0 aliphatic heterocycles. The highest BCUT2D eigenvalue weighted by atomic mass is 15.0. The molecular weight excluding hydrogens is 304 g/mol. The molecule has 0 fully saturated rings. The minimum atomic E-state index is 0.846. The molecule has 0 amide bonds. The van der Waals surface area contributed by atoms with Gasteiger partial charge < -0.3 is 4.57 Å². The molecule has 2 nitrogen and oxygen atoms in total. The molecule has 0 saturated carbocycles. The summed E-state index contributed by atoms with van der Waals surface area (Å²) in [6.45, 7) is 3.24. The Morgan fingerprint density at radius 2 is 2.08 bits per heavy atom. The van der Waals surface area contributed by atoms with Gasteiger partial charge in [0.25, 0.3) is 0 Å². The SMILES string of the molecule is CCCCC1CCCc2c(n(Cc3cccnc3)c3ccccc23)C1. The molecule has 4 rings (SSSR count). The van der Waals surface area contributed by atoms with Crippen LogP contribution in [-0.2, 0) is 19.4 Å². The number of rotatable bonds is 5. The first kappa shape index (κ1) is 16.4. The van der Waals surface area contributed by atoms with Crippen LogP contribution in [0.1, 0.15) is 55.8 Å². The number of para-hydroxylation sites is 1. The molecule has 1 aliphatic rings. The number of nitrogens with zero attached hydrogens (tertiary/aromatic N) is 2. The minimum absolute atomic E-state index is 0.846. The normalized spacial score (nSPS) is 17.4. The number of aryl methyl sites for hydroxylation is 1. The van der Waals surface area contributed by atoms with Crippen LogP contribution < -0.4 is 0 Å². The lowest BCUT2D eigenvalue weighted by Gasteiger charge is -2.17. The van der Waals surface area contributed by atoms with E-state index in [1.807, 2.05) is 18.5 Å². The summed E-state index contributed by atoms with van der Waals surface area (Å²) in [4.78, 5) is 4.32. The highest BCUT2D eigenvalue weighted by molar-refractivity contribution is 5.85. The number of unbranched alkanes of at least 4 members (excludes halogenated alkanes) is 1. The van der Waals surface area contributed by atoms with Crippen LogP contribution in [0.25, 0.3) is 10.9 Å². The zero-order valence-electron chi connectivity index (χ0n) is 15.2. The lowest BCUT2D eigenvalue weighted by Crippen LogP contribution is -2.10. The first-order valence-corrected chi connectivity index (χ1v) is 9.84. The first-order chi connectivity index (χ1) is 12.4. The average molecular weight is 332 g/mol. The van der Waals surface area contributed by atoms with Gasteiger partial charge in [-0.25, -0.2) is 0 Å². The first-order valence-electron chi connectivity index (χ1n) is 9.84. The van der Waals surface area contributed by atoms with Crippen molar-refractivity contribution < 1.29 is 0 Å². The Hall–Kier alpha value is -2.09. The summed E-state index contributed by atoms with van der Waals surface area (Å²) >= 11 is 0. The van der Waals surface area contributed by atoms with E-state index in [1.165, 1.54) is 61.4 Å². The topological polar surface area (TPSA) is 17.8 Å². The lowest BCUT2D eigenvalue weighted by molar-refractivity contribution is 0.423. The van der Waals surface area contributed by atoms with Crippen LogP contribution in [0.3, 0.4) is 0 Å². The number of aromatic nitrogens is 2. The van der Waals surface area contributed by atoms with Crippen LogP contribution in [0.15, 0.2) is 48.8 Å². The third-order valence-corrected chi connectivity index (χ3v) is 5.74. The maximum absolute atomic E-state index is 4.32. The quantitative estimate of drug-likeness (QED) is 0.542. The summed E-state index contributed by atoms with van der Waals surface area (Å²) in [6, 6.07) is 13.2. The lowest BCUT2D eigenvalue weighted by atomic mass is 9.94. The zero-order valence-corrected chi connectivity index (χ0v) is 15.2. The third-order valence-electron chi connectivity index (χ3n) is 5.74. The van der Waals surface area contributed by atoms with Gasteiger partial charge in [0.05, 0.1) is 0 Å². The van der Waals surface area contributed by atoms with E-state index in [-0.39, 0.29) is 0 Å². The molecule has 130 valence electrons. The Morgan fingerprint density at radius 3 is 2.92 bits per heavy atom. The number of pyridine rings is 1. The molecule has 25 heavy (non-hydrogen) atoms. The van der Waals surface area contributed by atoms with Crippen LogP contribution in [-0.4, -0.2) is 9.55 Å². The Bertz CT molecular complexity index is 832. The summed E-state index contributed by atoms with van der Waals surface area (Å²) in [6.07, 6.45) is 13.1. The maximum atomic E-state index is 4.32. The second-order valence-corrected chi connectivity index (χ2v) is 7.49. The Morgan fingerprint density at radius 1 is 1.16 bits per heavy atom. The van der Waals surface area contributed by atoms with Crippen LogP contribution in [0, 0.1) is 5.92 Å². The number of benzene rings is 1. The van der Waals surface area contributed by atoms with Crippen molar-refractivity contribution in [2.24, 2.45) is 5.92 Å². The zero-order chi connectivity index (χ0) is 17.1. The van der Waals surface area contributed by atoms with Gasteiger partial charge in [0.1, 0.15) is 0 Å². The second kappa shape index (κ2) is 7.43. The summed E-state index contributed by atoms with van der Waals surface area (Å²) < 4.78 is 2.58. The number of hydrogen-bond acceptors (Lipinski definition) is 1. The van der Waals surface area contributed by atoms with Gasteiger partial charge in [-0.1, -0.05) is 50.5 Å². The van der Waals surface area contributed by atoms with Crippen LogP contribution >= 0.6 is 0 Å². The van der Waals surface area contributed by atoms with Gasteiger partial charge in [0.15, 0.2) is 0 Å². The predicted octanol–water partition coefficient (Wildman–Crippen LogP) is 5.77. The molecule has 2 heteroatoms. The van der Waals surface area contributed by atoms with E-state index < -0.39 is 0 Å². The molecular formula is C23H28N2. The average Bonchev–Trinajstić information content (AvgIpc) is 2.81. The fourth-order valence-corrected chi connectivity index (χ4v) is 4.48. The molecule has 1 unspecified atom stereocenters. The van der Waals surface area contributed by atoms with Crippen molar-refractivity contribution in [1.82, 2.24) is 9.55 Å². The highest BCUT2D eigenvalue weighted by Crippen LogP contribution is 2.35. The molecule has 0 saturated heterocycles. The number of hydrogen-bond donors (Lipinski definition) is 0. The third kappa shape index (κ3) is 3.35. The number of fused-ring (bicyclic) bond motifs is 3. The molecule has 2 aromatic heterocycles. The van der Waals surface area contributed by atoms with E-state index in [0.717, 1.165) is 12.5 Å². The van der Waals surface area contributed by atoms with Crippen molar-refractivity contribution in [2.75, 3.05) is 0 Å². The molecule has 1 aromatic carbocycles. The van der Waals surface area contributed by atoms with Gasteiger partial charge >= 0.3 is 0 Å².